The minimum absolute atomic E-state index is 0.0721. The van der Waals surface area contributed by atoms with E-state index in [-0.39, 0.29) is 6.04 Å². The average molecular weight is 314 g/mol. The fourth-order valence-corrected chi connectivity index (χ4v) is 3.00. The number of carboxylic acids is 1. The molecule has 2 heterocycles. The predicted molar refractivity (Wildman–Crippen MR) is 86.2 cm³/mol. The van der Waals surface area contributed by atoms with Gasteiger partial charge in [0, 0.05) is 19.5 Å². The highest BCUT2D eigenvalue weighted by Crippen LogP contribution is 2.19. The molecule has 122 valence electrons. The van der Waals surface area contributed by atoms with Gasteiger partial charge in [0.2, 0.25) is 0 Å². The molecule has 3 rings (SSSR count). The lowest BCUT2D eigenvalue weighted by Crippen LogP contribution is -2.22. The number of aromatic nitrogens is 3. The van der Waals surface area contributed by atoms with Gasteiger partial charge in [-0.15, -0.1) is 10.2 Å². The van der Waals surface area contributed by atoms with Crippen molar-refractivity contribution in [3.05, 3.63) is 47.0 Å². The molecule has 6 nitrogen and oxygen atoms in total. The summed E-state index contributed by atoms with van der Waals surface area (Å²) < 4.78 is 2.23. The van der Waals surface area contributed by atoms with Gasteiger partial charge < -0.3 is 15.0 Å². The molecule has 1 aliphatic rings. The summed E-state index contributed by atoms with van der Waals surface area (Å²) in [6.07, 6.45) is 4.60. The standard InChI is InChI=1S/C17H22N4O2/c1-12(16-20-19-15-8-3-2-4-9-21(15)16)18-11-13-6-5-7-14(10-13)17(22)23/h5-7,10,12,18H,2-4,8-9,11H2,1H3,(H,22,23). The van der Waals surface area contributed by atoms with E-state index in [1.165, 1.54) is 19.3 Å². The molecule has 2 N–H and O–H groups in total. The molecule has 6 heteroatoms. The summed E-state index contributed by atoms with van der Waals surface area (Å²) in [6, 6.07) is 7.08. The van der Waals surface area contributed by atoms with Crippen LogP contribution in [-0.2, 0) is 19.5 Å². The van der Waals surface area contributed by atoms with Gasteiger partial charge >= 0.3 is 5.97 Å². The number of aryl methyl sites for hydroxylation is 1. The minimum Gasteiger partial charge on any atom is -0.478 e. The van der Waals surface area contributed by atoms with Crippen molar-refractivity contribution in [2.24, 2.45) is 0 Å². The Balaban J connectivity index is 1.68. The summed E-state index contributed by atoms with van der Waals surface area (Å²) in [4.78, 5) is 11.0. The molecule has 1 aromatic heterocycles. The molecule has 0 spiro atoms. The van der Waals surface area contributed by atoms with E-state index in [2.05, 4.69) is 27.0 Å². The Morgan fingerprint density at radius 1 is 1.35 bits per heavy atom. The second-order valence-corrected chi connectivity index (χ2v) is 6.04. The first-order valence-corrected chi connectivity index (χ1v) is 8.13. The highest BCUT2D eigenvalue weighted by Gasteiger charge is 2.18. The Kier molecular flexibility index (Phi) is 4.71. The zero-order chi connectivity index (χ0) is 16.2. The van der Waals surface area contributed by atoms with Crippen LogP contribution in [-0.4, -0.2) is 25.8 Å². The third-order valence-corrected chi connectivity index (χ3v) is 4.31. The largest absolute Gasteiger partial charge is 0.478 e. The van der Waals surface area contributed by atoms with E-state index in [0.717, 1.165) is 30.2 Å². The minimum atomic E-state index is -0.900. The maximum Gasteiger partial charge on any atom is 0.335 e. The van der Waals surface area contributed by atoms with Crippen LogP contribution in [0.2, 0.25) is 0 Å². The summed E-state index contributed by atoms with van der Waals surface area (Å²) in [6.45, 7) is 3.66. The predicted octanol–water partition coefficient (Wildman–Crippen LogP) is 2.55. The van der Waals surface area contributed by atoms with E-state index in [9.17, 15) is 4.79 Å². The maximum absolute atomic E-state index is 11.0. The number of rotatable bonds is 5. The van der Waals surface area contributed by atoms with Crippen LogP contribution in [0.5, 0.6) is 0 Å². The highest BCUT2D eigenvalue weighted by molar-refractivity contribution is 5.87. The molecular formula is C17H22N4O2. The van der Waals surface area contributed by atoms with Crippen LogP contribution in [0.1, 0.15) is 59.8 Å². The summed E-state index contributed by atoms with van der Waals surface area (Å²) in [5.74, 6) is 1.15. The van der Waals surface area contributed by atoms with Gasteiger partial charge in [0.1, 0.15) is 11.6 Å². The SMILES string of the molecule is CC(NCc1cccc(C(=O)O)c1)c1nnc2n1CCCCC2. The number of fused-ring (bicyclic) bond motifs is 1. The first-order valence-electron chi connectivity index (χ1n) is 8.13. The number of aromatic carboxylic acids is 1. The number of carboxylic acid groups (broad SMARTS) is 1. The van der Waals surface area contributed by atoms with Gasteiger partial charge in [0.15, 0.2) is 0 Å². The second-order valence-electron chi connectivity index (χ2n) is 6.04. The lowest BCUT2D eigenvalue weighted by atomic mass is 10.1. The number of hydrogen-bond acceptors (Lipinski definition) is 4. The van der Waals surface area contributed by atoms with Crippen molar-refractivity contribution in [2.75, 3.05) is 0 Å². The number of benzene rings is 1. The molecule has 0 saturated heterocycles. The number of nitrogens with one attached hydrogen (secondary N) is 1. The molecule has 0 radical (unpaired) electrons. The van der Waals surface area contributed by atoms with Gasteiger partial charge in [-0.1, -0.05) is 18.6 Å². The maximum atomic E-state index is 11.0. The van der Waals surface area contributed by atoms with Gasteiger partial charge in [-0.25, -0.2) is 4.79 Å². The topological polar surface area (TPSA) is 80.0 Å². The number of nitrogens with zero attached hydrogens (tertiary/aromatic N) is 3. The van der Waals surface area contributed by atoms with E-state index in [4.69, 9.17) is 5.11 Å². The lowest BCUT2D eigenvalue weighted by molar-refractivity contribution is 0.0696. The van der Waals surface area contributed by atoms with Gasteiger partial charge in [-0.3, -0.25) is 0 Å². The second kappa shape index (κ2) is 6.91. The monoisotopic (exact) mass is 314 g/mol. The van der Waals surface area contributed by atoms with E-state index in [0.29, 0.717) is 12.1 Å². The van der Waals surface area contributed by atoms with Crippen molar-refractivity contribution in [1.82, 2.24) is 20.1 Å². The van der Waals surface area contributed by atoms with Crippen molar-refractivity contribution >= 4 is 5.97 Å². The van der Waals surface area contributed by atoms with Crippen molar-refractivity contribution in [1.29, 1.82) is 0 Å². The molecule has 1 atom stereocenters. The Labute approximate surface area is 135 Å². The molecule has 2 aromatic rings. The van der Waals surface area contributed by atoms with Gasteiger partial charge in [-0.2, -0.15) is 0 Å². The Morgan fingerprint density at radius 3 is 3.04 bits per heavy atom. The Hall–Kier alpha value is -2.21. The van der Waals surface area contributed by atoms with Gasteiger partial charge in [0.25, 0.3) is 0 Å². The van der Waals surface area contributed by atoms with E-state index in [1.54, 1.807) is 18.2 Å². The number of hydrogen-bond donors (Lipinski definition) is 2. The third-order valence-electron chi connectivity index (χ3n) is 4.31. The van der Waals surface area contributed by atoms with Crippen LogP contribution >= 0.6 is 0 Å². The van der Waals surface area contributed by atoms with Crippen LogP contribution in [0.25, 0.3) is 0 Å². The van der Waals surface area contributed by atoms with Crippen molar-refractivity contribution in [3.8, 4) is 0 Å². The highest BCUT2D eigenvalue weighted by atomic mass is 16.4. The normalized spacial score (nSPS) is 15.7. The van der Waals surface area contributed by atoms with E-state index < -0.39 is 5.97 Å². The van der Waals surface area contributed by atoms with Crippen LogP contribution in [0.15, 0.2) is 24.3 Å². The molecule has 0 amide bonds. The molecule has 1 aromatic carbocycles. The summed E-state index contributed by atoms with van der Waals surface area (Å²) in [5.41, 5.74) is 1.26. The molecule has 0 bridgehead atoms. The first kappa shape index (κ1) is 15.7. The van der Waals surface area contributed by atoms with Crippen LogP contribution < -0.4 is 5.32 Å². The fourth-order valence-electron chi connectivity index (χ4n) is 3.00. The first-order chi connectivity index (χ1) is 11.1. The van der Waals surface area contributed by atoms with E-state index in [1.807, 2.05) is 6.07 Å². The van der Waals surface area contributed by atoms with Crippen molar-refractivity contribution in [2.45, 2.75) is 51.7 Å². The fraction of sp³-hybridized carbons (Fsp3) is 0.471. The van der Waals surface area contributed by atoms with Crippen molar-refractivity contribution < 1.29 is 9.90 Å². The smallest absolute Gasteiger partial charge is 0.335 e. The van der Waals surface area contributed by atoms with Crippen LogP contribution in [0.3, 0.4) is 0 Å². The quantitative estimate of drug-likeness (QED) is 0.886. The molecule has 1 aliphatic heterocycles. The van der Waals surface area contributed by atoms with Crippen molar-refractivity contribution in [3.63, 3.8) is 0 Å². The molecular weight excluding hydrogens is 292 g/mol. The zero-order valence-corrected chi connectivity index (χ0v) is 13.3. The summed E-state index contributed by atoms with van der Waals surface area (Å²) in [7, 11) is 0. The molecule has 1 unspecified atom stereocenters. The van der Waals surface area contributed by atoms with Gasteiger partial charge in [0.05, 0.1) is 11.6 Å². The summed E-state index contributed by atoms with van der Waals surface area (Å²) in [5, 5.41) is 21.2. The number of carbonyl (C=O) groups is 1. The van der Waals surface area contributed by atoms with Gasteiger partial charge in [-0.05, 0) is 37.5 Å². The Bertz CT molecular complexity index is 696. The molecule has 0 fully saturated rings. The van der Waals surface area contributed by atoms with Crippen LogP contribution in [0.4, 0.5) is 0 Å². The Morgan fingerprint density at radius 2 is 2.22 bits per heavy atom. The zero-order valence-electron chi connectivity index (χ0n) is 13.3. The molecule has 23 heavy (non-hydrogen) atoms. The summed E-state index contributed by atoms with van der Waals surface area (Å²) >= 11 is 0. The molecule has 0 aliphatic carbocycles. The average Bonchev–Trinajstić information content (AvgIpc) is 2.81. The third kappa shape index (κ3) is 3.59. The lowest BCUT2D eigenvalue weighted by Gasteiger charge is -2.15. The van der Waals surface area contributed by atoms with Crippen LogP contribution in [0, 0.1) is 0 Å². The van der Waals surface area contributed by atoms with E-state index >= 15 is 0 Å². The molecule has 0 saturated carbocycles.